The fourth-order valence-electron chi connectivity index (χ4n) is 3.08. The third-order valence-electron chi connectivity index (χ3n) is 4.36. The van der Waals surface area contributed by atoms with Gasteiger partial charge in [-0.25, -0.2) is 4.99 Å². The number of aliphatic imine (C=N–C) groups is 1. The number of nitrogens with two attached hydrogens (primary N) is 1. The van der Waals surface area contributed by atoms with E-state index >= 15 is 0 Å². The molecule has 0 radical (unpaired) electrons. The van der Waals surface area contributed by atoms with Crippen LogP contribution in [0.3, 0.4) is 0 Å². The molecule has 0 heterocycles. The van der Waals surface area contributed by atoms with Gasteiger partial charge >= 0.3 is 0 Å². The average Bonchev–Trinajstić information content (AvgIpc) is 2.87. The summed E-state index contributed by atoms with van der Waals surface area (Å²) in [6, 6.07) is 4.23. The van der Waals surface area contributed by atoms with Crippen molar-refractivity contribution in [3.63, 3.8) is 0 Å². The smallest absolute Gasteiger partial charge is 0.203 e. The van der Waals surface area contributed by atoms with Crippen LogP contribution in [0.25, 0.3) is 0 Å². The standard InChI is InChI=1S/C18H29N3O3/c1-22-15-10-13(11-16(23-2)17(15)24-3)12-20-18(19)21-14-8-6-4-5-7-9-14/h10-11,14H,4-9,12H2,1-3H3,(H3,19,20,21). The van der Waals surface area contributed by atoms with E-state index in [1.54, 1.807) is 21.3 Å². The van der Waals surface area contributed by atoms with Crippen molar-refractivity contribution in [3.8, 4) is 17.2 Å². The Kier molecular flexibility index (Phi) is 7.03. The number of hydrogen-bond donors (Lipinski definition) is 2. The lowest BCUT2D eigenvalue weighted by atomic mass is 10.1. The van der Waals surface area contributed by atoms with Crippen molar-refractivity contribution in [1.29, 1.82) is 0 Å². The second-order valence-electron chi connectivity index (χ2n) is 6.07. The zero-order valence-electron chi connectivity index (χ0n) is 14.9. The maximum Gasteiger partial charge on any atom is 0.203 e. The fraction of sp³-hybridized carbons (Fsp3) is 0.611. The molecule has 0 aliphatic heterocycles. The molecule has 1 aromatic rings. The van der Waals surface area contributed by atoms with E-state index in [9.17, 15) is 0 Å². The Bertz CT molecular complexity index is 527. The van der Waals surface area contributed by atoms with E-state index in [2.05, 4.69) is 10.3 Å². The van der Waals surface area contributed by atoms with Gasteiger partial charge < -0.3 is 25.3 Å². The van der Waals surface area contributed by atoms with E-state index in [-0.39, 0.29) is 0 Å². The summed E-state index contributed by atoms with van der Waals surface area (Å²) >= 11 is 0. The molecule has 134 valence electrons. The minimum atomic E-state index is 0.441. The molecule has 0 aromatic heterocycles. The Hall–Kier alpha value is -2.11. The Morgan fingerprint density at radius 2 is 1.62 bits per heavy atom. The summed E-state index contributed by atoms with van der Waals surface area (Å²) in [7, 11) is 4.80. The molecule has 6 heteroatoms. The van der Waals surface area contributed by atoms with E-state index in [4.69, 9.17) is 19.9 Å². The number of hydrogen-bond acceptors (Lipinski definition) is 4. The van der Waals surface area contributed by atoms with Crippen LogP contribution in [0.1, 0.15) is 44.1 Å². The van der Waals surface area contributed by atoms with Gasteiger partial charge in [0.15, 0.2) is 17.5 Å². The summed E-state index contributed by atoms with van der Waals surface area (Å²) in [5.74, 6) is 2.32. The lowest BCUT2D eigenvalue weighted by Gasteiger charge is -2.17. The molecule has 1 aliphatic rings. The first-order valence-corrected chi connectivity index (χ1v) is 8.53. The zero-order chi connectivity index (χ0) is 17.4. The minimum Gasteiger partial charge on any atom is -0.493 e. The third-order valence-corrected chi connectivity index (χ3v) is 4.36. The van der Waals surface area contributed by atoms with Gasteiger partial charge in [-0.3, -0.25) is 0 Å². The lowest BCUT2D eigenvalue weighted by Crippen LogP contribution is -2.39. The summed E-state index contributed by atoms with van der Waals surface area (Å²) in [5.41, 5.74) is 7.01. The highest BCUT2D eigenvalue weighted by molar-refractivity contribution is 5.78. The number of nitrogens with one attached hydrogen (secondary N) is 1. The van der Waals surface area contributed by atoms with Gasteiger partial charge in [0.1, 0.15) is 0 Å². The number of guanidine groups is 1. The monoisotopic (exact) mass is 335 g/mol. The van der Waals surface area contributed by atoms with Crippen LogP contribution in [0, 0.1) is 0 Å². The van der Waals surface area contributed by atoms with Crippen molar-refractivity contribution in [2.45, 2.75) is 51.1 Å². The Balaban J connectivity index is 2.03. The molecule has 2 rings (SSSR count). The predicted octanol–water partition coefficient (Wildman–Crippen LogP) is 2.84. The molecule has 1 aromatic carbocycles. The molecule has 0 amide bonds. The second-order valence-corrected chi connectivity index (χ2v) is 6.07. The van der Waals surface area contributed by atoms with Crippen LogP contribution in [-0.4, -0.2) is 33.3 Å². The summed E-state index contributed by atoms with van der Waals surface area (Å²) in [6.45, 7) is 0.461. The number of rotatable bonds is 6. The van der Waals surface area contributed by atoms with Gasteiger partial charge in [0.25, 0.3) is 0 Å². The molecule has 24 heavy (non-hydrogen) atoms. The number of benzene rings is 1. The van der Waals surface area contributed by atoms with Crippen LogP contribution in [0.4, 0.5) is 0 Å². The molecule has 0 unspecified atom stereocenters. The summed E-state index contributed by atoms with van der Waals surface area (Å²) in [4.78, 5) is 4.46. The van der Waals surface area contributed by atoms with Crippen molar-refractivity contribution < 1.29 is 14.2 Å². The predicted molar refractivity (Wildman–Crippen MR) is 96.1 cm³/mol. The van der Waals surface area contributed by atoms with Crippen molar-refractivity contribution >= 4 is 5.96 Å². The van der Waals surface area contributed by atoms with Gasteiger partial charge in [-0.05, 0) is 30.5 Å². The maximum absolute atomic E-state index is 6.05. The average molecular weight is 335 g/mol. The largest absolute Gasteiger partial charge is 0.493 e. The molecule has 1 aliphatic carbocycles. The van der Waals surface area contributed by atoms with Gasteiger partial charge in [-0.15, -0.1) is 0 Å². The van der Waals surface area contributed by atoms with Gasteiger partial charge in [-0.1, -0.05) is 25.7 Å². The molecule has 0 atom stereocenters. The molecule has 1 fully saturated rings. The molecule has 0 saturated heterocycles. The van der Waals surface area contributed by atoms with Crippen LogP contribution < -0.4 is 25.3 Å². The number of nitrogens with zero attached hydrogens (tertiary/aromatic N) is 1. The quantitative estimate of drug-likeness (QED) is 0.475. The highest BCUT2D eigenvalue weighted by Gasteiger charge is 2.14. The highest BCUT2D eigenvalue weighted by Crippen LogP contribution is 2.38. The van der Waals surface area contributed by atoms with Crippen LogP contribution in [-0.2, 0) is 6.54 Å². The lowest BCUT2D eigenvalue weighted by molar-refractivity contribution is 0.324. The summed E-state index contributed by atoms with van der Waals surface area (Å²) in [6.07, 6.45) is 7.50. The molecule has 6 nitrogen and oxygen atoms in total. The zero-order valence-corrected chi connectivity index (χ0v) is 14.9. The number of methoxy groups -OCH3 is 3. The van der Waals surface area contributed by atoms with Gasteiger partial charge in [0, 0.05) is 6.04 Å². The summed E-state index contributed by atoms with van der Waals surface area (Å²) < 4.78 is 16.1. The van der Waals surface area contributed by atoms with Crippen LogP contribution >= 0.6 is 0 Å². The first kappa shape index (κ1) is 18.2. The molecule has 0 bridgehead atoms. The van der Waals surface area contributed by atoms with Crippen LogP contribution in [0.2, 0.25) is 0 Å². The normalized spacial score (nSPS) is 16.4. The first-order chi connectivity index (χ1) is 11.7. The SMILES string of the molecule is COc1cc(CN=C(N)NC2CCCCCC2)cc(OC)c1OC. The first-order valence-electron chi connectivity index (χ1n) is 8.53. The van der Waals surface area contributed by atoms with E-state index in [0.29, 0.717) is 35.8 Å². The van der Waals surface area contributed by atoms with Gasteiger partial charge in [0.05, 0.1) is 27.9 Å². The fourth-order valence-corrected chi connectivity index (χ4v) is 3.08. The van der Waals surface area contributed by atoms with Gasteiger partial charge in [0.2, 0.25) is 5.75 Å². The minimum absolute atomic E-state index is 0.441. The van der Waals surface area contributed by atoms with Crippen molar-refractivity contribution in [3.05, 3.63) is 17.7 Å². The molecule has 3 N–H and O–H groups in total. The maximum atomic E-state index is 6.05. The third kappa shape index (κ3) is 4.94. The molecule has 1 saturated carbocycles. The topological polar surface area (TPSA) is 78.1 Å². The van der Waals surface area contributed by atoms with Crippen LogP contribution in [0.5, 0.6) is 17.2 Å². The van der Waals surface area contributed by atoms with Crippen molar-refractivity contribution in [1.82, 2.24) is 5.32 Å². The van der Waals surface area contributed by atoms with E-state index in [1.807, 2.05) is 12.1 Å². The van der Waals surface area contributed by atoms with E-state index in [1.165, 1.54) is 38.5 Å². The highest BCUT2D eigenvalue weighted by atomic mass is 16.5. The molecular formula is C18H29N3O3. The second kappa shape index (κ2) is 9.25. The van der Waals surface area contributed by atoms with E-state index < -0.39 is 0 Å². The Morgan fingerprint density at radius 1 is 1.04 bits per heavy atom. The Morgan fingerprint density at radius 3 is 2.12 bits per heavy atom. The van der Waals surface area contributed by atoms with Crippen LogP contribution in [0.15, 0.2) is 17.1 Å². The molecular weight excluding hydrogens is 306 g/mol. The van der Waals surface area contributed by atoms with Gasteiger partial charge in [-0.2, -0.15) is 0 Å². The summed E-state index contributed by atoms with van der Waals surface area (Å²) in [5, 5.41) is 3.35. The number of ether oxygens (including phenoxy) is 3. The van der Waals surface area contributed by atoms with E-state index in [0.717, 1.165) is 5.56 Å². The van der Waals surface area contributed by atoms with Crippen molar-refractivity contribution in [2.24, 2.45) is 10.7 Å². The Labute approximate surface area is 144 Å². The molecule has 0 spiro atoms. The van der Waals surface area contributed by atoms with Crippen molar-refractivity contribution in [2.75, 3.05) is 21.3 Å².